The first-order valence-electron chi connectivity index (χ1n) is 8.73. The van der Waals surface area contributed by atoms with Gasteiger partial charge in [0.15, 0.2) is 0 Å². The largest absolute Gasteiger partial charge is 0.416 e. The van der Waals surface area contributed by atoms with E-state index in [0.29, 0.717) is 10.6 Å². The minimum absolute atomic E-state index is 0.126. The van der Waals surface area contributed by atoms with Crippen molar-refractivity contribution in [2.24, 2.45) is 0 Å². The van der Waals surface area contributed by atoms with Crippen LogP contribution in [0, 0.1) is 0 Å². The molecule has 0 amide bonds. The summed E-state index contributed by atoms with van der Waals surface area (Å²) in [5.74, 6) is 0. The first-order valence-corrected chi connectivity index (χ1v) is 10.6. The van der Waals surface area contributed by atoms with Crippen molar-refractivity contribution in [3.8, 4) is 0 Å². The van der Waals surface area contributed by atoms with Crippen molar-refractivity contribution < 1.29 is 22.8 Å². The molecule has 0 saturated carbocycles. The van der Waals surface area contributed by atoms with Crippen molar-refractivity contribution in [1.82, 2.24) is 0 Å². The molecular weight excluding hydrogens is 384 g/mol. The molecule has 3 aromatic rings. The van der Waals surface area contributed by atoms with Crippen LogP contribution in [0.15, 0.2) is 84.9 Å². The Bertz CT molecular complexity index is 923. The average Bonchev–Trinajstić information content (AvgIpc) is 2.68. The number of hydrogen-bond donors (Lipinski definition) is 1. The highest BCUT2D eigenvalue weighted by molar-refractivity contribution is 7.78. The number of aliphatic hydroxyl groups is 1. The van der Waals surface area contributed by atoms with Crippen LogP contribution in [0.2, 0.25) is 0 Å². The predicted molar refractivity (Wildman–Crippen MR) is 106 cm³/mol. The van der Waals surface area contributed by atoms with E-state index in [1.807, 2.05) is 12.1 Å². The maximum atomic E-state index is 14.1. The number of benzene rings is 3. The average molecular weight is 404 g/mol. The van der Waals surface area contributed by atoms with E-state index in [4.69, 9.17) is 0 Å². The molecule has 0 heterocycles. The zero-order chi connectivity index (χ0) is 20.4. The summed E-state index contributed by atoms with van der Waals surface area (Å²) in [7, 11) is -3.23. The maximum absolute atomic E-state index is 14.1. The topological polar surface area (TPSA) is 37.3 Å². The number of rotatable bonds is 5. The third kappa shape index (κ3) is 4.21. The lowest BCUT2D eigenvalue weighted by Crippen LogP contribution is -2.32. The number of hydrogen-bond acceptors (Lipinski definition) is 2. The Hall–Kier alpha value is -2.36. The molecule has 0 aliphatic heterocycles. The third-order valence-corrected chi connectivity index (χ3v) is 8.04. The molecule has 3 aromatic carbocycles. The highest BCUT2D eigenvalue weighted by Gasteiger charge is 2.38. The molecule has 0 radical (unpaired) electrons. The second-order valence-electron chi connectivity index (χ2n) is 6.92. The van der Waals surface area contributed by atoms with E-state index < -0.39 is 24.5 Å². The standard InChI is InChI=1S/C22H20F3O2P/c1-21(26,17-12-14-18(15-13-17)22(23,24)25)16-28(27,19-8-4-2-5-9-19)20-10-6-3-7-11-20/h2-15,26H,16H2,1H3. The molecule has 2 nitrogen and oxygen atoms in total. The Balaban J connectivity index is 2.02. The molecule has 0 spiro atoms. The monoisotopic (exact) mass is 404 g/mol. The zero-order valence-corrected chi connectivity index (χ0v) is 16.1. The van der Waals surface area contributed by atoms with Gasteiger partial charge in [-0.05, 0) is 24.6 Å². The Morgan fingerprint density at radius 2 is 1.14 bits per heavy atom. The van der Waals surface area contributed by atoms with Gasteiger partial charge in [0.25, 0.3) is 0 Å². The second-order valence-corrected chi connectivity index (χ2v) is 9.75. The summed E-state index contributed by atoms with van der Waals surface area (Å²) in [6.45, 7) is 1.48. The predicted octanol–water partition coefficient (Wildman–Crippen LogP) is 4.93. The smallest absolute Gasteiger partial charge is 0.385 e. The molecule has 0 bridgehead atoms. The summed E-state index contributed by atoms with van der Waals surface area (Å²) in [5, 5.41) is 12.3. The highest BCUT2D eigenvalue weighted by Crippen LogP contribution is 2.48. The highest BCUT2D eigenvalue weighted by atomic mass is 31.2. The molecule has 0 saturated heterocycles. The van der Waals surface area contributed by atoms with Gasteiger partial charge >= 0.3 is 6.18 Å². The van der Waals surface area contributed by atoms with Gasteiger partial charge in [-0.25, -0.2) is 0 Å². The zero-order valence-electron chi connectivity index (χ0n) is 15.2. The van der Waals surface area contributed by atoms with E-state index in [-0.39, 0.29) is 11.7 Å². The second kappa shape index (κ2) is 7.57. The molecule has 1 N–H and O–H groups in total. The molecule has 146 valence electrons. The van der Waals surface area contributed by atoms with Crippen molar-refractivity contribution in [3.05, 3.63) is 96.1 Å². The van der Waals surface area contributed by atoms with Crippen molar-refractivity contribution in [3.63, 3.8) is 0 Å². The van der Waals surface area contributed by atoms with Crippen LogP contribution in [0.5, 0.6) is 0 Å². The molecule has 1 unspecified atom stereocenters. The maximum Gasteiger partial charge on any atom is 0.416 e. The fourth-order valence-corrected chi connectivity index (χ4v) is 6.23. The van der Waals surface area contributed by atoms with Gasteiger partial charge in [-0.2, -0.15) is 13.2 Å². The Morgan fingerprint density at radius 1 is 0.750 bits per heavy atom. The first-order chi connectivity index (χ1) is 13.1. The van der Waals surface area contributed by atoms with E-state index in [0.717, 1.165) is 12.1 Å². The van der Waals surface area contributed by atoms with Crippen LogP contribution < -0.4 is 10.6 Å². The normalized spacial score (nSPS) is 14.5. The molecule has 28 heavy (non-hydrogen) atoms. The minimum Gasteiger partial charge on any atom is -0.385 e. The van der Waals surface area contributed by atoms with E-state index in [2.05, 4.69) is 0 Å². The summed E-state index contributed by atoms with van der Waals surface area (Å²) in [6.07, 6.45) is -4.58. The fourth-order valence-electron chi connectivity index (χ4n) is 3.21. The summed E-state index contributed by atoms with van der Waals surface area (Å²) < 4.78 is 52.6. The van der Waals surface area contributed by atoms with Crippen molar-refractivity contribution in [1.29, 1.82) is 0 Å². The van der Waals surface area contributed by atoms with Gasteiger partial charge in [0, 0.05) is 16.8 Å². The molecule has 0 aliphatic rings. The minimum atomic E-state index is -4.45. The summed E-state index contributed by atoms with van der Waals surface area (Å²) in [5.41, 5.74) is -2.08. The SMILES string of the molecule is CC(O)(CP(=O)(c1ccccc1)c1ccccc1)c1ccc(C(F)(F)F)cc1. The summed E-state index contributed by atoms with van der Waals surface area (Å²) in [6, 6.07) is 22.1. The van der Waals surface area contributed by atoms with Crippen LogP contribution in [0.3, 0.4) is 0 Å². The van der Waals surface area contributed by atoms with Crippen molar-refractivity contribution >= 4 is 17.8 Å². The summed E-state index contributed by atoms with van der Waals surface area (Å²) >= 11 is 0. The van der Waals surface area contributed by atoms with Gasteiger partial charge in [0.1, 0.15) is 7.14 Å². The van der Waals surface area contributed by atoms with Gasteiger partial charge < -0.3 is 9.67 Å². The van der Waals surface area contributed by atoms with Crippen LogP contribution in [0.4, 0.5) is 13.2 Å². The van der Waals surface area contributed by atoms with Gasteiger partial charge in [0.2, 0.25) is 0 Å². The van der Waals surface area contributed by atoms with Crippen LogP contribution in [-0.2, 0) is 16.3 Å². The molecule has 3 rings (SSSR count). The Morgan fingerprint density at radius 3 is 1.54 bits per heavy atom. The van der Waals surface area contributed by atoms with E-state index >= 15 is 0 Å². The lowest BCUT2D eigenvalue weighted by Gasteiger charge is -2.30. The summed E-state index contributed by atoms with van der Waals surface area (Å²) in [4.78, 5) is 0. The number of alkyl halides is 3. The van der Waals surface area contributed by atoms with Gasteiger partial charge in [-0.3, -0.25) is 0 Å². The Labute approximate surface area is 162 Å². The molecule has 0 aromatic heterocycles. The number of halogens is 3. The van der Waals surface area contributed by atoms with Crippen LogP contribution in [0.25, 0.3) is 0 Å². The van der Waals surface area contributed by atoms with E-state index in [1.54, 1.807) is 48.5 Å². The fraction of sp³-hybridized carbons (Fsp3) is 0.182. The third-order valence-electron chi connectivity index (χ3n) is 4.71. The van der Waals surface area contributed by atoms with E-state index in [1.165, 1.54) is 19.1 Å². The van der Waals surface area contributed by atoms with Crippen LogP contribution in [-0.4, -0.2) is 11.3 Å². The lowest BCUT2D eigenvalue weighted by molar-refractivity contribution is -0.137. The van der Waals surface area contributed by atoms with Gasteiger partial charge in [-0.15, -0.1) is 0 Å². The molecule has 6 heteroatoms. The van der Waals surface area contributed by atoms with Crippen molar-refractivity contribution in [2.45, 2.75) is 18.7 Å². The Kier molecular flexibility index (Phi) is 5.51. The van der Waals surface area contributed by atoms with Gasteiger partial charge in [-0.1, -0.05) is 72.8 Å². The lowest BCUT2D eigenvalue weighted by atomic mass is 9.97. The molecule has 1 atom stereocenters. The molecular formula is C22H20F3O2P. The molecule has 0 fully saturated rings. The quantitative estimate of drug-likeness (QED) is 0.613. The van der Waals surface area contributed by atoms with E-state index in [9.17, 15) is 22.8 Å². The van der Waals surface area contributed by atoms with Gasteiger partial charge in [0.05, 0.1) is 11.2 Å². The van der Waals surface area contributed by atoms with Crippen molar-refractivity contribution in [2.75, 3.05) is 6.16 Å². The first kappa shape index (κ1) is 20.4. The van der Waals surface area contributed by atoms with Crippen LogP contribution >= 0.6 is 7.14 Å². The van der Waals surface area contributed by atoms with Crippen LogP contribution in [0.1, 0.15) is 18.1 Å². The molecule has 0 aliphatic carbocycles.